The molecule has 144 valence electrons. The molecule has 1 atom stereocenters. The molecular formula is C20H26ClN5O. The van der Waals surface area contributed by atoms with Gasteiger partial charge in [-0.25, -0.2) is 0 Å². The van der Waals surface area contributed by atoms with Gasteiger partial charge in [0.1, 0.15) is 11.6 Å². The third kappa shape index (κ3) is 3.87. The number of carbonyl (C=O) groups is 1. The number of benzene rings is 1. The van der Waals surface area contributed by atoms with E-state index in [4.69, 9.17) is 11.6 Å². The summed E-state index contributed by atoms with van der Waals surface area (Å²) in [7, 11) is 0. The molecule has 7 heteroatoms. The normalized spacial score (nSPS) is 19.0. The molecule has 0 radical (unpaired) electrons. The third-order valence-corrected chi connectivity index (χ3v) is 6.10. The molecule has 2 aliphatic heterocycles. The van der Waals surface area contributed by atoms with Crippen LogP contribution in [0.15, 0.2) is 24.3 Å². The van der Waals surface area contributed by atoms with Gasteiger partial charge >= 0.3 is 0 Å². The van der Waals surface area contributed by atoms with Crippen molar-refractivity contribution in [1.82, 2.24) is 25.0 Å². The van der Waals surface area contributed by atoms with E-state index in [1.807, 2.05) is 36.1 Å². The summed E-state index contributed by atoms with van der Waals surface area (Å²) >= 11 is 6.25. The second kappa shape index (κ2) is 7.98. The molecule has 0 bridgehead atoms. The number of nitrogens with zero attached hydrogens (tertiary/aromatic N) is 4. The van der Waals surface area contributed by atoms with Crippen LogP contribution in [0.1, 0.15) is 42.9 Å². The maximum absolute atomic E-state index is 12.9. The van der Waals surface area contributed by atoms with Gasteiger partial charge in [-0.05, 0) is 30.9 Å². The molecule has 1 unspecified atom stereocenters. The van der Waals surface area contributed by atoms with Gasteiger partial charge < -0.3 is 14.8 Å². The van der Waals surface area contributed by atoms with Crippen molar-refractivity contribution in [2.24, 2.45) is 5.92 Å². The molecule has 27 heavy (non-hydrogen) atoms. The smallest absolute Gasteiger partial charge is 0.225 e. The van der Waals surface area contributed by atoms with Gasteiger partial charge in [0.15, 0.2) is 0 Å². The molecule has 0 spiro atoms. The van der Waals surface area contributed by atoms with Crippen LogP contribution in [0.4, 0.5) is 0 Å². The molecule has 4 rings (SSSR count). The molecule has 0 saturated carbocycles. The second-order valence-corrected chi connectivity index (χ2v) is 8.01. The number of carbonyl (C=O) groups excluding carboxylic acids is 1. The third-order valence-electron chi connectivity index (χ3n) is 5.73. The van der Waals surface area contributed by atoms with E-state index < -0.39 is 0 Å². The van der Waals surface area contributed by atoms with Crippen molar-refractivity contribution in [3.8, 4) is 0 Å². The van der Waals surface area contributed by atoms with Crippen molar-refractivity contribution in [3.05, 3.63) is 46.5 Å². The number of rotatable bonds is 4. The zero-order chi connectivity index (χ0) is 18.8. The zero-order valence-corrected chi connectivity index (χ0v) is 16.5. The lowest BCUT2D eigenvalue weighted by Crippen LogP contribution is -2.41. The van der Waals surface area contributed by atoms with E-state index in [9.17, 15) is 4.79 Å². The number of nitrogens with one attached hydrogen (secondary N) is 1. The van der Waals surface area contributed by atoms with Crippen molar-refractivity contribution in [2.75, 3.05) is 19.6 Å². The van der Waals surface area contributed by atoms with Crippen LogP contribution in [-0.4, -0.2) is 45.2 Å². The standard InChI is InChI=1S/C20H26ClN5O/c1-14(12-16-4-2-3-5-17(16)21)20(27)25-9-6-15(7-10-25)19-24-23-18-13-22-8-11-26(18)19/h2-5,14-15,22H,6-13H2,1H3. The maximum atomic E-state index is 12.9. The molecule has 3 heterocycles. The topological polar surface area (TPSA) is 63.1 Å². The predicted molar refractivity (Wildman–Crippen MR) is 105 cm³/mol. The van der Waals surface area contributed by atoms with E-state index in [0.29, 0.717) is 12.3 Å². The monoisotopic (exact) mass is 387 g/mol. The van der Waals surface area contributed by atoms with Crippen LogP contribution in [0.2, 0.25) is 5.02 Å². The number of fused-ring (bicyclic) bond motifs is 1. The predicted octanol–water partition coefficient (Wildman–Crippen LogP) is 2.62. The molecule has 1 fully saturated rings. The van der Waals surface area contributed by atoms with Crippen molar-refractivity contribution in [1.29, 1.82) is 0 Å². The first-order chi connectivity index (χ1) is 13.1. The maximum Gasteiger partial charge on any atom is 0.225 e. The summed E-state index contributed by atoms with van der Waals surface area (Å²) in [6, 6.07) is 7.77. The van der Waals surface area contributed by atoms with E-state index >= 15 is 0 Å². The van der Waals surface area contributed by atoms with Gasteiger partial charge in [-0.15, -0.1) is 10.2 Å². The van der Waals surface area contributed by atoms with E-state index in [-0.39, 0.29) is 11.8 Å². The minimum Gasteiger partial charge on any atom is -0.342 e. The molecule has 2 aromatic rings. The molecular weight excluding hydrogens is 362 g/mol. The number of likely N-dealkylation sites (tertiary alicyclic amines) is 1. The van der Waals surface area contributed by atoms with E-state index in [1.165, 1.54) is 0 Å². The fraction of sp³-hybridized carbons (Fsp3) is 0.550. The van der Waals surface area contributed by atoms with E-state index in [0.717, 1.165) is 67.8 Å². The Morgan fingerprint density at radius 2 is 2.04 bits per heavy atom. The largest absolute Gasteiger partial charge is 0.342 e. The Morgan fingerprint density at radius 3 is 2.81 bits per heavy atom. The lowest BCUT2D eigenvalue weighted by atomic mass is 9.93. The number of piperidine rings is 1. The van der Waals surface area contributed by atoms with Crippen LogP contribution in [0.3, 0.4) is 0 Å². The van der Waals surface area contributed by atoms with Gasteiger partial charge in [0.05, 0.1) is 6.54 Å². The van der Waals surface area contributed by atoms with Crippen LogP contribution in [0, 0.1) is 5.92 Å². The number of halogens is 1. The summed E-state index contributed by atoms with van der Waals surface area (Å²) in [5, 5.41) is 12.8. The van der Waals surface area contributed by atoms with E-state index in [1.54, 1.807) is 0 Å². The Hall–Kier alpha value is -1.92. The average Bonchev–Trinajstić information content (AvgIpc) is 3.13. The van der Waals surface area contributed by atoms with Crippen LogP contribution in [0.25, 0.3) is 0 Å². The van der Waals surface area contributed by atoms with Gasteiger partial charge in [-0.3, -0.25) is 4.79 Å². The summed E-state index contributed by atoms with van der Waals surface area (Å²) in [4.78, 5) is 14.9. The van der Waals surface area contributed by atoms with Gasteiger partial charge in [-0.1, -0.05) is 36.7 Å². The first-order valence-corrected chi connectivity index (χ1v) is 10.2. The Bertz CT molecular complexity index is 812. The van der Waals surface area contributed by atoms with Crippen molar-refractivity contribution in [3.63, 3.8) is 0 Å². The fourth-order valence-corrected chi connectivity index (χ4v) is 4.38. The first kappa shape index (κ1) is 18.4. The summed E-state index contributed by atoms with van der Waals surface area (Å²) in [6.07, 6.45) is 2.59. The van der Waals surface area contributed by atoms with Crippen molar-refractivity contribution >= 4 is 17.5 Å². The van der Waals surface area contributed by atoms with Crippen LogP contribution in [-0.2, 0) is 24.3 Å². The quantitative estimate of drug-likeness (QED) is 0.875. The summed E-state index contributed by atoms with van der Waals surface area (Å²) in [6.45, 7) is 6.28. The van der Waals surface area contributed by atoms with Crippen LogP contribution in [0.5, 0.6) is 0 Å². The molecule has 1 amide bonds. The van der Waals surface area contributed by atoms with Gasteiger partial charge in [0, 0.05) is 43.0 Å². The molecule has 6 nitrogen and oxygen atoms in total. The lowest BCUT2D eigenvalue weighted by molar-refractivity contribution is -0.136. The summed E-state index contributed by atoms with van der Waals surface area (Å²) < 4.78 is 2.26. The number of hydrogen-bond acceptors (Lipinski definition) is 4. The molecule has 1 aromatic carbocycles. The highest BCUT2D eigenvalue weighted by molar-refractivity contribution is 6.31. The van der Waals surface area contributed by atoms with Crippen LogP contribution >= 0.6 is 11.6 Å². The Balaban J connectivity index is 1.35. The summed E-state index contributed by atoms with van der Waals surface area (Å²) in [5.41, 5.74) is 1.04. The molecule has 0 aliphatic carbocycles. The number of hydrogen-bond donors (Lipinski definition) is 1. The van der Waals surface area contributed by atoms with Crippen molar-refractivity contribution < 1.29 is 4.79 Å². The minimum absolute atomic E-state index is 0.0617. The molecule has 1 saturated heterocycles. The highest BCUT2D eigenvalue weighted by Gasteiger charge is 2.30. The zero-order valence-electron chi connectivity index (χ0n) is 15.7. The second-order valence-electron chi connectivity index (χ2n) is 7.60. The number of amides is 1. The highest BCUT2D eigenvalue weighted by atomic mass is 35.5. The van der Waals surface area contributed by atoms with Gasteiger partial charge in [0.2, 0.25) is 5.91 Å². The SMILES string of the molecule is CC(Cc1ccccc1Cl)C(=O)N1CCC(c2nnc3n2CCNC3)CC1. The molecule has 1 N–H and O–H groups in total. The minimum atomic E-state index is -0.0617. The average molecular weight is 388 g/mol. The van der Waals surface area contributed by atoms with Gasteiger partial charge in [0.25, 0.3) is 0 Å². The Morgan fingerprint density at radius 1 is 1.26 bits per heavy atom. The lowest BCUT2D eigenvalue weighted by Gasteiger charge is -2.33. The van der Waals surface area contributed by atoms with Gasteiger partial charge in [-0.2, -0.15) is 0 Å². The van der Waals surface area contributed by atoms with Crippen LogP contribution < -0.4 is 5.32 Å². The summed E-state index contributed by atoms with van der Waals surface area (Å²) in [5.74, 6) is 2.69. The Labute approximate surface area is 164 Å². The molecule has 2 aliphatic rings. The first-order valence-electron chi connectivity index (χ1n) is 9.78. The fourth-order valence-electron chi connectivity index (χ4n) is 4.17. The molecule has 1 aromatic heterocycles. The highest BCUT2D eigenvalue weighted by Crippen LogP contribution is 2.29. The van der Waals surface area contributed by atoms with E-state index in [2.05, 4.69) is 20.1 Å². The van der Waals surface area contributed by atoms with Crippen molar-refractivity contribution in [2.45, 2.75) is 45.2 Å². The number of aromatic nitrogens is 3. The Kier molecular flexibility index (Phi) is 5.45.